The first-order valence-electron chi connectivity index (χ1n) is 7.72. The highest BCUT2D eigenvalue weighted by atomic mass is 16.3. The van der Waals surface area contributed by atoms with Crippen molar-refractivity contribution in [3.05, 3.63) is 53.2 Å². The third kappa shape index (κ3) is 3.54. The van der Waals surface area contributed by atoms with Gasteiger partial charge in [-0.1, -0.05) is 29.8 Å². The lowest BCUT2D eigenvalue weighted by Gasteiger charge is -2.19. The molecule has 1 aliphatic rings. The number of piperidine rings is 1. The number of nitrogens with zero attached hydrogens (tertiary/aromatic N) is 1. The van der Waals surface area contributed by atoms with Gasteiger partial charge in [0.1, 0.15) is 6.26 Å². The van der Waals surface area contributed by atoms with E-state index in [1.807, 2.05) is 31.2 Å². The second-order valence-electron chi connectivity index (χ2n) is 5.78. The second-order valence-corrected chi connectivity index (χ2v) is 5.78. The van der Waals surface area contributed by atoms with Crippen LogP contribution >= 0.6 is 0 Å². The Morgan fingerprint density at radius 1 is 1.41 bits per heavy atom. The van der Waals surface area contributed by atoms with Gasteiger partial charge in [-0.25, -0.2) is 4.98 Å². The molecule has 1 amide bonds. The number of nitrogens with one attached hydrogen (secondary N) is 2. The fraction of sp³-hybridized carbons (Fsp3) is 0.412. The molecule has 0 bridgehead atoms. The molecule has 1 aliphatic heterocycles. The van der Waals surface area contributed by atoms with E-state index in [-0.39, 0.29) is 11.8 Å². The zero-order valence-electron chi connectivity index (χ0n) is 12.8. The number of aromatic nitrogens is 1. The zero-order valence-corrected chi connectivity index (χ0v) is 12.8. The van der Waals surface area contributed by atoms with Gasteiger partial charge in [0.15, 0.2) is 11.6 Å². The highest BCUT2D eigenvalue weighted by Gasteiger charge is 2.21. The van der Waals surface area contributed by atoms with Crippen molar-refractivity contribution in [3.8, 4) is 0 Å². The Labute approximate surface area is 130 Å². The fourth-order valence-corrected chi connectivity index (χ4v) is 2.62. The first kappa shape index (κ1) is 14.8. The minimum atomic E-state index is -0.195. The minimum absolute atomic E-state index is 0.195. The van der Waals surface area contributed by atoms with Crippen molar-refractivity contribution in [2.75, 3.05) is 13.1 Å². The number of amides is 1. The summed E-state index contributed by atoms with van der Waals surface area (Å²) < 4.78 is 5.48. The number of carbonyl (C=O) groups is 1. The molecule has 116 valence electrons. The molecule has 2 N–H and O–H groups in total. The lowest BCUT2D eigenvalue weighted by molar-refractivity contribution is 0.0946. The molecule has 22 heavy (non-hydrogen) atoms. The van der Waals surface area contributed by atoms with Gasteiger partial charge >= 0.3 is 0 Å². The molecule has 1 aromatic heterocycles. The van der Waals surface area contributed by atoms with Gasteiger partial charge in [0.2, 0.25) is 0 Å². The first-order valence-corrected chi connectivity index (χ1v) is 7.72. The van der Waals surface area contributed by atoms with Crippen LogP contribution < -0.4 is 10.6 Å². The molecule has 5 heteroatoms. The van der Waals surface area contributed by atoms with Crippen LogP contribution in [-0.4, -0.2) is 24.0 Å². The van der Waals surface area contributed by atoms with Crippen LogP contribution in [0, 0.1) is 6.92 Å². The van der Waals surface area contributed by atoms with Gasteiger partial charge in [0.25, 0.3) is 5.91 Å². The molecular weight excluding hydrogens is 278 g/mol. The Hall–Kier alpha value is -2.14. The molecule has 0 aliphatic carbocycles. The fourth-order valence-electron chi connectivity index (χ4n) is 2.62. The normalized spacial score (nSPS) is 18.1. The smallest absolute Gasteiger partial charge is 0.273 e. The van der Waals surface area contributed by atoms with Gasteiger partial charge in [-0.05, 0) is 31.9 Å². The number of hydrogen-bond donors (Lipinski definition) is 2. The van der Waals surface area contributed by atoms with Gasteiger partial charge in [0.05, 0.1) is 0 Å². The van der Waals surface area contributed by atoms with Crippen LogP contribution in [0.4, 0.5) is 0 Å². The Morgan fingerprint density at radius 3 is 2.95 bits per heavy atom. The average Bonchev–Trinajstić information content (AvgIpc) is 3.05. The van der Waals surface area contributed by atoms with E-state index in [0.29, 0.717) is 18.1 Å². The summed E-state index contributed by atoms with van der Waals surface area (Å²) >= 11 is 0. The summed E-state index contributed by atoms with van der Waals surface area (Å²) in [6.45, 7) is 4.44. The number of hydrogen-bond acceptors (Lipinski definition) is 4. The zero-order chi connectivity index (χ0) is 15.4. The predicted octanol–water partition coefficient (Wildman–Crippen LogP) is 2.38. The summed E-state index contributed by atoms with van der Waals surface area (Å²) in [6, 6.07) is 8.09. The lowest BCUT2D eigenvalue weighted by atomic mass is 10.00. The van der Waals surface area contributed by atoms with Crippen LogP contribution in [-0.2, 0) is 6.54 Å². The molecule has 0 saturated carbocycles. The van der Waals surface area contributed by atoms with E-state index >= 15 is 0 Å². The van der Waals surface area contributed by atoms with Gasteiger partial charge in [-0.15, -0.1) is 0 Å². The van der Waals surface area contributed by atoms with Gasteiger partial charge < -0.3 is 15.1 Å². The molecule has 5 nitrogen and oxygen atoms in total. The summed E-state index contributed by atoms with van der Waals surface area (Å²) in [5.41, 5.74) is 2.63. The van der Waals surface area contributed by atoms with Crippen molar-refractivity contribution in [1.29, 1.82) is 0 Å². The topological polar surface area (TPSA) is 67.2 Å². The van der Waals surface area contributed by atoms with Gasteiger partial charge in [0, 0.05) is 19.0 Å². The Balaban J connectivity index is 1.58. The maximum absolute atomic E-state index is 12.1. The predicted molar refractivity (Wildman–Crippen MR) is 83.7 cm³/mol. The van der Waals surface area contributed by atoms with Crippen molar-refractivity contribution in [3.63, 3.8) is 0 Å². The van der Waals surface area contributed by atoms with Crippen molar-refractivity contribution in [2.45, 2.75) is 32.2 Å². The summed E-state index contributed by atoms with van der Waals surface area (Å²) in [5, 5.41) is 6.20. The van der Waals surface area contributed by atoms with Crippen molar-refractivity contribution in [1.82, 2.24) is 15.6 Å². The Morgan fingerprint density at radius 2 is 2.23 bits per heavy atom. The number of benzene rings is 1. The van der Waals surface area contributed by atoms with Crippen LogP contribution in [0.5, 0.6) is 0 Å². The lowest BCUT2D eigenvalue weighted by Crippen LogP contribution is -2.28. The molecule has 1 saturated heterocycles. The standard InChI is InChI=1S/C17H21N3O2/c1-12-4-6-13(7-5-12)9-19-16(21)15-11-22-17(20-15)14-3-2-8-18-10-14/h4-7,11,14,18H,2-3,8-10H2,1H3,(H,19,21). The largest absolute Gasteiger partial charge is 0.448 e. The molecule has 0 radical (unpaired) electrons. The molecule has 2 heterocycles. The highest BCUT2D eigenvalue weighted by Crippen LogP contribution is 2.22. The summed E-state index contributed by atoms with van der Waals surface area (Å²) in [5.74, 6) is 0.736. The van der Waals surface area contributed by atoms with E-state index in [9.17, 15) is 4.79 Å². The summed E-state index contributed by atoms with van der Waals surface area (Å²) in [6.07, 6.45) is 3.62. The molecule has 3 rings (SSSR count). The molecule has 1 unspecified atom stereocenters. The molecule has 2 aromatic rings. The Bertz CT molecular complexity index is 628. The third-order valence-electron chi connectivity index (χ3n) is 3.97. The summed E-state index contributed by atoms with van der Waals surface area (Å²) in [4.78, 5) is 16.5. The maximum atomic E-state index is 12.1. The summed E-state index contributed by atoms with van der Waals surface area (Å²) in [7, 11) is 0. The molecular formula is C17H21N3O2. The third-order valence-corrected chi connectivity index (χ3v) is 3.97. The van der Waals surface area contributed by atoms with E-state index in [0.717, 1.165) is 31.5 Å². The molecule has 1 fully saturated rings. The van der Waals surface area contributed by atoms with E-state index in [2.05, 4.69) is 15.6 Å². The number of rotatable bonds is 4. The molecule has 1 aromatic carbocycles. The van der Waals surface area contributed by atoms with Gasteiger partial charge in [-0.2, -0.15) is 0 Å². The van der Waals surface area contributed by atoms with E-state index in [1.165, 1.54) is 11.8 Å². The van der Waals surface area contributed by atoms with E-state index < -0.39 is 0 Å². The molecule has 0 spiro atoms. The van der Waals surface area contributed by atoms with Crippen LogP contribution in [0.25, 0.3) is 0 Å². The SMILES string of the molecule is Cc1ccc(CNC(=O)c2coc(C3CCCNC3)n2)cc1. The van der Waals surface area contributed by atoms with Crippen LogP contribution in [0.15, 0.2) is 34.9 Å². The number of carbonyl (C=O) groups excluding carboxylic acids is 1. The average molecular weight is 299 g/mol. The first-order chi connectivity index (χ1) is 10.7. The van der Waals surface area contributed by atoms with Crippen LogP contribution in [0.2, 0.25) is 0 Å². The van der Waals surface area contributed by atoms with E-state index in [1.54, 1.807) is 0 Å². The number of aryl methyl sites for hydroxylation is 1. The maximum Gasteiger partial charge on any atom is 0.273 e. The van der Waals surface area contributed by atoms with Crippen molar-refractivity contribution in [2.24, 2.45) is 0 Å². The highest BCUT2D eigenvalue weighted by molar-refractivity contribution is 5.91. The van der Waals surface area contributed by atoms with Crippen LogP contribution in [0.1, 0.15) is 46.3 Å². The van der Waals surface area contributed by atoms with Crippen molar-refractivity contribution < 1.29 is 9.21 Å². The van der Waals surface area contributed by atoms with Gasteiger partial charge in [-0.3, -0.25) is 4.79 Å². The Kier molecular flexibility index (Phi) is 4.53. The van der Waals surface area contributed by atoms with E-state index in [4.69, 9.17) is 4.42 Å². The van der Waals surface area contributed by atoms with Crippen molar-refractivity contribution >= 4 is 5.91 Å². The molecule has 1 atom stereocenters. The quantitative estimate of drug-likeness (QED) is 0.909. The second kappa shape index (κ2) is 6.75. The minimum Gasteiger partial charge on any atom is -0.448 e. The van der Waals surface area contributed by atoms with Crippen LogP contribution in [0.3, 0.4) is 0 Å². The monoisotopic (exact) mass is 299 g/mol. The number of oxazole rings is 1.